The van der Waals surface area contributed by atoms with E-state index in [9.17, 15) is 65.4 Å². The van der Waals surface area contributed by atoms with Gasteiger partial charge in [-0.05, 0) is 105 Å². The lowest BCUT2D eigenvalue weighted by Crippen LogP contribution is -2.64. The van der Waals surface area contributed by atoms with Gasteiger partial charge in [-0.2, -0.15) is 0 Å². The number of carboxylic acid groups (broad SMARTS) is 1. The molecule has 7 aliphatic heterocycles. The average molecular weight is 1430 g/mol. The van der Waals surface area contributed by atoms with Crippen molar-refractivity contribution in [3.05, 3.63) is 118 Å². The van der Waals surface area contributed by atoms with Crippen LogP contribution in [0.4, 0.5) is 0 Å². The van der Waals surface area contributed by atoms with Crippen LogP contribution in [0.1, 0.15) is 105 Å². The van der Waals surface area contributed by atoms with Crippen LogP contribution in [0.25, 0.3) is 11.1 Å². The second-order valence-electron chi connectivity index (χ2n) is 26.2. The number of phenols is 3. The summed E-state index contributed by atoms with van der Waals surface area (Å²) < 4.78 is 51.6. The molecule has 0 saturated carbocycles. The summed E-state index contributed by atoms with van der Waals surface area (Å²) in [5.41, 5.74) is 19.8. The molecule has 21 atom stereocenters. The number of ether oxygens (including phenoxy) is 8. The fourth-order valence-corrected chi connectivity index (χ4v) is 13.3. The quantitative estimate of drug-likeness (QED) is 0.0789. The summed E-state index contributed by atoms with van der Waals surface area (Å²) in [5.74, 6) is -14.4. The van der Waals surface area contributed by atoms with Crippen LogP contribution in [0, 0.1) is 0 Å². The molecule has 12 rings (SSSR count). The third kappa shape index (κ3) is 15.0. The van der Waals surface area contributed by atoms with Crippen LogP contribution in [-0.2, 0) is 57.2 Å². The second-order valence-corrected chi connectivity index (χ2v) is 26.6. The van der Waals surface area contributed by atoms with Crippen LogP contribution in [0.15, 0.2) is 84.9 Å². The molecule has 23 N–H and O–H groups in total. The number of halogens is 1. The van der Waals surface area contributed by atoms with E-state index in [4.69, 9.17) is 72.4 Å². The molecule has 0 aromatic heterocycles. The van der Waals surface area contributed by atoms with Gasteiger partial charge in [0.15, 0.2) is 36.2 Å². The molecule has 3 fully saturated rings. The molecule has 5 aromatic carbocycles. The lowest BCUT2D eigenvalue weighted by atomic mass is 9.86. The highest BCUT2D eigenvalue weighted by Gasteiger charge is 2.52. The van der Waals surface area contributed by atoms with E-state index in [0.717, 1.165) is 48.5 Å². The maximum absolute atomic E-state index is 16.1. The topological polar surface area (TPSA) is 560 Å². The minimum atomic E-state index is -2.28. The highest BCUT2D eigenvalue weighted by molar-refractivity contribution is 6.32. The molecule has 35 heteroatoms. The van der Waals surface area contributed by atoms with Gasteiger partial charge in [0.1, 0.15) is 89.5 Å². The van der Waals surface area contributed by atoms with Gasteiger partial charge in [-0.3, -0.25) is 28.8 Å². The minimum absolute atomic E-state index is 0.0982. The van der Waals surface area contributed by atoms with Gasteiger partial charge in [0.2, 0.25) is 47.5 Å². The second kappa shape index (κ2) is 28.7. The van der Waals surface area contributed by atoms with Crippen LogP contribution in [0.3, 0.4) is 0 Å². The Morgan fingerprint density at radius 3 is 1.91 bits per heavy atom. The molecule has 6 amide bonds. The number of carbonyl (C=O) groups excluding carboxylic acids is 6. The van der Waals surface area contributed by atoms with Gasteiger partial charge in [-0.1, -0.05) is 35.9 Å². The van der Waals surface area contributed by atoms with Gasteiger partial charge in [0.05, 0.1) is 42.5 Å². The van der Waals surface area contributed by atoms with Gasteiger partial charge >= 0.3 is 5.97 Å². The third-order valence-electron chi connectivity index (χ3n) is 18.4. The molecule has 0 spiro atoms. The molecule has 0 radical (unpaired) electrons. The number of nitrogens with one attached hydrogen (secondary N) is 5. The number of benzene rings is 5. The van der Waals surface area contributed by atoms with Crippen LogP contribution in [0.5, 0.6) is 46.0 Å². The smallest absolute Gasteiger partial charge is 0.330 e. The Hall–Kier alpha value is -9.08. The molecule has 0 unspecified atom stereocenters. The van der Waals surface area contributed by atoms with Crippen molar-refractivity contribution < 1.29 is 123 Å². The zero-order valence-corrected chi connectivity index (χ0v) is 54.9. The Bertz CT molecular complexity index is 4070. The molecule has 542 valence electrons. The predicted molar refractivity (Wildman–Crippen MR) is 344 cm³/mol. The Balaban J connectivity index is 1.19. The molecular formula is C66H76ClN9O25. The van der Waals surface area contributed by atoms with Gasteiger partial charge in [0, 0.05) is 46.7 Å². The zero-order chi connectivity index (χ0) is 73.2. The number of amides is 6. The van der Waals surface area contributed by atoms with E-state index in [1.807, 2.05) is 0 Å². The first-order chi connectivity index (χ1) is 47.6. The maximum atomic E-state index is 16.1. The number of hydrogen-bond acceptors (Lipinski definition) is 27. The Labute approximate surface area is 578 Å². The molecular weight excluding hydrogens is 1350 g/mol. The van der Waals surface area contributed by atoms with Crippen molar-refractivity contribution in [1.82, 2.24) is 26.6 Å². The van der Waals surface area contributed by atoms with Crippen molar-refractivity contribution in [1.29, 1.82) is 0 Å². The molecule has 7 aliphatic rings. The summed E-state index contributed by atoms with van der Waals surface area (Å²) in [5, 5.41) is 125. The highest BCUT2D eigenvalue weighted by atomic mass is 35.5. The average Bonchev–Trinajstić information content (AvgIpc) is 1.33. The fourth-order valence-electron chi connectivity index (χ4n) is 13.0. The Morgan fingerprint density at radius 1 is 0.653 bits per heavy atom. The number of aliphatic hydroxyl groups is 6. The van der Waals surface area contributed by atoms with Crippen LogP contribution in [-0.4, -0.2) is 196 Å². The van der Waals surface area contributed by atoms with Gasteiger partial charge in [0.25, 0.3) is 0 Å². The van der Waals surface area contributed by atoms with Crippen molar-refractivity contribution >= 4 is 53.0 Å². The highest BCUT2D eigenvalue weighted by Crippen LogP contribution is 2.50. The van der Waals surface area contributed by atoms with Gasteiger partial charge in [-0.25, -0.2) is 4.79 Å². The number of rotatable bonds is 10. The summed E-state index contributed by atoms with van der Waals surface area (Å²) in [6.45, 7) is 5.01. The van der Waals surface area contributed by atoms with Crippen molar-refractivity contribution in [2.24, 2.45) is 22.9 Å². The molecule has 5 aromatic rings. The first-order valence-electron chi connectivity index (χ1n) is 31.8. The monoisotopic (exact) mass is 1430 g/mol. The largest absolute Gasteiger partial charge is 0.508 e. The first-order valence-corrected chi connectivity index (χ1v) is 32.1. The number of primary amides is 1. The molecule has 11 bridgehead atoms. The van der Waals surface area contributed by atoms with E-state index in [0.29, 0.717) is 0 Å². The Morgan fingerprint density at radius 2 is 1.28 bits per heavy atom. The number of aromatic hydroxyl groups is 3. The molecule has 101 heavy (non-hydrogen) atoms. The summed E-state index contributed by atoms with van der Waals surface area (Å²) in [4.78, 5) is 103. The van der Waals surface area contributed by atoms with E-state index in [-0.39, 0.29) is 46.1 Å². The summed E-state index contributed by atoms with van der Waals surface area (Å²) in [6, 6.07) is 2.95. The number of carboxylic acids is 1. The predicted octanol–water partition coefficient (Wildman–Crippen LogP) is -1.10. The summed E-state index contributed by atoms with van der Waals surface area (Å²) in [6.07, 6.45) is -22.4. The van der Waals surface area contributed by atoms with Crippen molar-refractivity contribution in [2.45, 2.75) is 174 Å². The lowest BCUT2D eigenvalue weighted by Gasteiger charge is -2.47. The van der Waals surface area contributed by atoms with Gasteiger partial charge < -0.3 is 138 Å². The lowest BCUT2D eigenvalue weighted by molar-refractivity contribution is -0.333. The third-order valence-corrected chi connectivity index (χ3v) is 18.7. The first kappa shape index (κ1) is 73.1. The van der Waals surface area contributed by atoms with E-state index in [1.165, 1.54) is 64.1 Å². The number of nitrogens with two attached hydrogens (primary N) is 4. The SMILES string of the molecule is C[C@H]1O[C@@H](O[C@@H]2[C@H](Oc3c4cc5cc3Oc3ccc(cc3Cl)[C@@H](O)[C@@H](N)C(=O)N[C@@H](CC(N)=O)C(=O)N[C@H]5C(=O)N[C@H]3C(=O)N[C@H](C(=O)N[C@H](C(=O)O)c5cc(O)cc(O)c5-c5cc3ccc5O)[C@H](O[C@H]3C[C@@](C)(N)[C@@H](O)[C@@H](C)O3)c3cccc(c3)O4)O[C@@H](CO)[C@H](O)[C@H]2O)C[C@@](C)(N)[C@H]1O. The van der Waals surface area contributed by atoms with Gasteiger partial charge in [-0.15, -0.1) is 0 Å². The van der Waals surface area contributed by atoms with E-state index in [1.54, 1.807) is 0 Å². The number of hydrogen-bond donors (Lipinski definition) is 19. The normalized spacial score (nSPS) is 33.7. The molecule has 3 saturated heterocycles. The molecule has 7 heterocycles. The molecule has 0 aliphatic carbocycles. The number of carbonyl (C=O) groups is 7. The number of aliphatic hydroxyl groups excluding tert-OH is 6. The standard InChI is InChI=1S/C66H76ClN9O25/c1-23-56(85)65(3,70)20-42(94-23)99-53-27-6-5-7-30(12-27)96-38-15-28-16-39(54(38)101-64-55(52(84)51(83)40(22-77)98-64)100-43-21-66(4,71)57(86)24(2)95-43)97-37-11-9-26(14-33(37)67)50(82)45(69)59(88)72-34(19-41(68)81)58(87)73-47(28)61(90)74-46-25-8-10-35(79)31(13-25)44-32(17-29(78)18-36(44)80)48(63(92)93)75-62(91)49(53)76-60(46)89/h5-18,23-24,34,40,42-43,45-53,55-57,64,77-80,82-86H,19-22,69-71H2,1-4H3,(H2,68,81)(H,72,88)(H,73,87)(H,74,90)(H,75,91)(H,76,89)(H,92,93)/t23-,24-,34+,40+,42+,43+,45-,46-,47-,48+,49+,50-,51+,52-,53-,55+,56+,57+,64+,65-,66-/m1/s1. The van der Waals surface area contributed by atoms with Crippen LogP contribution < -0.4 is 63.7 Å². The minimum Gasteiger partial charge on any atom is -0.508 e. The Kier molecular flexibility index (Phi) is 20.8. The van der Waals surface area contributed by atoms with E-state index >= 15 is 19.2 Å². The fraction of sp³-hybridized carbons (Fsp3) is 0.439. The summed E-state index contributed by atoms with van der Waals surface area (Å²) >= 11 is 6.97. The number of fused-ring (bicyclic) bond motifs is 19. The number of aliphatic carboxylic acids is 1. The van der Waals surface area contributed by atoms with Crippen molar-refractivity contribution in [2.75, 3.05) is 6.61 Å². The zero-order valence-electron chi connectivity index (χ0n) is 54.2. The van der Waals surface area contributed by atoms with Crippen LogP contribution >= 0.6 is 11.6 Å². The van der Waals surface area contributed by atoms with Crippen LogP contribution in [0.2, 0.25) is 5.02 Å². The van der Waals surface area contributed by atoms with E-state index in [2.05, 4.69) is 26.6 Å². The maximum Gasteiger partial charge on any atom is 0.330 e. The summed E-state index contributed by atoms with van der Waals surface area (Å²) in [7, 11) is 0. The van der Waals surface area contributed by atoms with E-state index < -0.39 is 238 Å². The van der Waals surface area contributed by atoms with Crippen molar-refractivity contribution in [3.8, 4) is 57.1 Å². The number of phenolic OH excluding ortho intramolecular Hbond substituents is 3. The van der Waals surface area contributed by atoms with Crippen molar-refractivity contribution in [3.63, 3.8) is 0 Å². The molecule has 34 nitrogen and oxygen atoms in total.